The van der Waals surface area contributed by atoms with Crippen LogP contribution in [0, 0.1) is 11.3 Å². The molecule has 0 heterocycles. The minimum atomic E-state index is 0.388. The lowest BCUT2D eigenvalue weighted by atomic mass is 10.1. The Morgan fingerprint density at radius 1 is 1.47 bits per heavy atom. The summed E-state index contributed by atoms with van der Waals surface area (Å²) < 4.78 is 5.37. The van der Waals surface area contributed by atoms with Crippen LogP contribution < -0.4 is 4.74 Å². The third-order valence-corrected chi connectivity index (χ3v) is 3.32. The molecule has 0 N–H and O–H groups in total. The smallest absolute Gasteiger partial charge is 0.122 e. The van der Waals surface area contributed by atoms with Gasteiger partial charge in [-0.25, -0.2) is 0 Å². The third-order valence-electron chi connectivity index (χ3n) is 3.32. The van der Waals surface area contributed by atoms with E-state index in [4.69, 9.17) is 10.00 Å². The molecule has 0 radical (unpaired) electrons. The van der Waals surface area contributed by atoms with Crippen LogP contribution >= 0.6 is 0 Å². The Hall–Kier alpha value is -1.79. The van der Waals surface area contributed by atoms with Crippen LogP contribution in [0.2, 0.25) is 0 Å². The topological polar surface area (TPSA) is 36.3 Å². The van der Waals surface area contributed by atoms with Gasteiger partial charge in [0.15, 0.2) is 0 Å². The van der Waals surface area contributed by atoms with Gasteiger partial charge in [0.25, 0.3) is 0 Å². The fraction of sp³-hybridized carbons (Fsp3) is 0.438. The summed E-state index contributed by atoms with van der Waals surface area (Å²) in [6.45, 7) is 4.80. The fourth-order valence-electron chi connectivity index (χ4n) is 1.85. The largest absolute Gasteiger partial charge is 0.496 e. The van der Waals surface area contributed by atoms with Crippen LogP contribution in [0.5, 0.6) is 5.75 Å². The zero-order valence-corrected chi connectivity index (χ0v) is 12.2. The van der Waals surface area contributed by atoms with Crippen LogP contribution in [0.1, 0.15) is 19.4 Å². The van der Waals surface area contributed by atoms with Gasteiger partial charge in [-0.1, -0.05) is 24.3 Å². The Morgan fingerprint density at radius 3 is 2.79 bits per heavy atom. The summed E-state index contributed by atoms with van der Waals surface area (Å²) in [5.74, 6) is 0.937. The maximum Gasteiger partial charge on any atom is 0.122 e. The monoisotopic (exact) mass is 258 g/mol. The molecule has 0 aliphatic rings. The van der Waals surface area contributed by atoms with Gasteiger partial charge >= 0.3 is 0 Å². The van der Waals surface area contributed by atoms with Crippen molar-refractivity contribution in [3.05, 3.63) is 41.5 Å². The molecule has 1 unspecified atom stereocenters. The predicted octanol–water partition coefficient (Wildman–Crippen LogP) is 3.03. The van der Waals surface area contributed by atoms with Gasteiger partial charge in [0.2, 0.25) is 0 Å². The van der Waals surface area contributed by atoms with E-state index in [1.54, 1.807) is 7.11 Å². The molecular weight excluding hydrogens is 236 g/mol. The molecule has 1 aromatic rings. The number of nitrogens with zero attached hydrogens (tertiary/aromatic N) is 2. The lowest BCUT2D eigenvalue weighted by Crippen LogP contribution is -2.31. The Balaban J connectivity index is 2.64. The highest BCUT2D eigenvalue weighted by Crippen LogP contribution is 2.20. The van der Waals surface area contributed by atoms with Gasteiger partial charge in [0.1, 0.15) is 5.75 Å². The highest BCUT2D eigenvalue weighted by atomic mass is 16.5. The molecule has 0 saturated carbocycles. The average molecular weight is 258 g/mol. The summed E-state index contributed by atoms with van der Waals surface area (Å²) >= 11 is 0. The zero-order chi connectivity index (χ0) is 14.3. The molecule has 1 atom stereocenters. The van der Waals surface area contributed by atoms with E-state index < -0.39 is 0 Å². The average Bonchev–Trinajstić information content (AvgIpc) is 2.44. The van der Waals surface area contributed by atoms with E-state index in [9.17, 15) is 0 Å². The summed E-state index contributed by atoms with van der Waals surface area (Å²) in [6.07, 6.45) is 2.89. The summed E-state index contributed by atoms with van der Waals surface area (Å²) in [7, 11) is 3.77. The number of hydrogen-bond donors (Lipinski definition) is 0. The standard InChI is InChI=1S/C16H22N2O/c1-13(12-17)9-10-18(3)14(2)11-15-7-5-6-8-16(15)19-4/h5-9,14H,10-11H2,1-4H3/b13-9+. The molecule has 0 spiro atoms. The SMILES string of the molecule is COc1ccccc1CC(C)N(C)C/C=C(\C)C#N. The molecule has 0 fully saturated rings. The van der Waals surface area contributed by atoms with Gasteiger partial charge in [-0.05, 0) is 38.9 Å². The molecule has 0 aromatic heterocycles. The lowest BCUT2D eigenvalue weighted by molar-refractivity contribution is 0.280. The first-order valence-corrected chi connectivity index (χ1v) is 6.47. The first kappa shape index (κ1) is 15.3. The van der Waals surface area contributed by atoms with Crippen molar-refractivity contribution >= 4 is 0 Å². The molecule has 102 valence electrons. The Labute approximate surface area is 116 Å². The lowest BCUT2D eigenvalue weighted by Gasteiger charge is -2.24. The highest BCUT2D eigenvalue weighted by Gasteiger charge is 2.11. The van der Waals surface area contributed by atoms with Crippen molar-refractivity contribution in [2.24, 2.45) is 0 Å². The number of methoxy groups -OCH3 is 1. The van der Waals surface area contributed by atoms with E-state index in [0.717, 1.165) is 24.3 Å². The van der Waals surface area contributed by atoms with Crippen molar-refractivity contribution in [2.45, 2.75) is 26.3 Å². The number of para-hydroxylation sites is 1. The first-order chi connectivity index (χ1) is 9.08. The summed E-state index contributed by atoms with van der Waals surface area (Å²) in [5, 5.41) is 8.74. The maximum absolute atomic E-state index is 8.74. The molecule has 3 heteroatoms. The van der Waals surface area contributed by atoms with Crippen molar-refractivity contribution in [2.75, 3.05) is 20.7 Å². The van der Waals surface area contributed by atoms with E-state index in [0.29, 0.717) is 6.04 Å². The summed E-state index contributed by atoms with van der Waals surface area (Å²) in [6, 6.07) is 10.6. The van der Waals surface area contributed by atoms with Crippen molar-refractivity contribution in [1.29, 1.82) is 5.26 Å². The van der Waals surface area contributed by atoms with Gasteiger partial charge in [-0.2, -0.15) is 5.26 Å². The Morgan fingerprint density at radius 2 is 2.16 bits per heavy atom. The Bertz CT molecular complexity index is 474. The zero-order valence-electron chi connectivity index (χ0n) is 12.2. The van der Waals surface area contributed by atoms with Gasteiger partial charge < -0.3 is 4.74 Å². The van der Waals surface area contributed by atoms with Gasteiger partial charge in [0, 0.05) is 18.2 Å². The van der Waals surface area contributed by atoms with E-state index in [2.05, 4.69) is 31.0 Å². The normalized spacial score (nSPS) is 13.2. The van der Waals surface area contributed by atoms with Crippen LogP contribution in [0.15, 0.2) is 35.9 Å². The molecule has 0 aliphatic carbocycles. The van der Waals surface area contributed by atoms with Crippen molar-refractivity contribution in [3.8, 4) is 11.8 Å². The molecular formula is C16H22N2O. The molecule has 1 aromatic carbocycles. The minimum Gasteiger partial charge on any atom is -0.496 e. The quantitative estimate of drug-likeness (QED) is 0.736. The minimum absolute atomic E-state index is 0.388. The second-order valence-electron chi connectivity index (χ2n) is 4.80. The molecule has 3 nitrogen and oxygen atoms in total. The number of rotatable bonds is 6. The van der Waals surface area contributed by atoms with E-state index in [1.807, 2.05) is 31.2 Å². The van der Waals surface area contributed by atoms with Gasteiger partial charge in [-0.15, -0.1) is 0 Å². The second-order valence-corrected chi connectivity index (χ2v) is 4.80. The number of nitriles is 1. The molecule has 0 aliphatic heterocycles. The first-order valence-electron chi connectivity index (χ1n) is 6.47. The predicted molar refractivity (Wildman–Crippen MR) is 78.2 cm³/mol. The van der Waals surface area contributed by atoms with Crippen molar-refractivity contribution in [3.63, 3.8) is 0 Å². The van der Waals surface area contributed by atoms with Crippen LogP contribution in [-0.4, -0.2) is 31.6 Å². The van der Waals surface area contributed by atoms with Gasteiger partial charge in [-0.3, -0.25) is 4.90 Å². The van der Waals surface area contributed by atoms with Crippen LogP contribution in [-0.2, 0) is 6.42 Å². The number of likely N-dealkylation sites (N-methyl/N-ethyl adjacent to an activating group) is 1. The van der Waals surface area contributed by atoms with E-state index >= 15 is 0 Å². The number of allylic oxidation sites excluding steroid dienone is 1. The summed E-state index contributed by atoms with van der Waals surface area (Å²) in [5.41, 5.74) is 1.97. The number of benzene rings is 1. The molecule has 1 rings (SSSR count). The van der Waals surface area contributed by atoms with Crippen molar-refractivity contribution < 1.29 is 4.74 Å². The number of hydrogen-bond acceptors (Lipinski definition) is 3. The van der Waals surface area contributed by atoms with Crippen molar-refractivity contribution in [1.82, 2.24) is 4.90 Å². The second kappa shape index (κ2) is 7.60. The highest BCUT2D eigenvalue weighted by molar-refractivity contribution is 5.33. The molecule has 0 saturated heterocycles. The van der Waals surface area contributed by atoms with Crippen LogP contribution in [0.4, 0.5) is 0 Å². The van der Waals surface area contributed by atoms with Crippen LogP contribution in [0.3, 0.4) is 0 Å². The number of ether oxygens (including phenoxy) is 1. The third kappa shape index (κ3) is 4.76. The van der Waals surface area contributed by atoms with E-state index in [1.165, 1.54) is 5.56 Å². The van der Waals surface area contributed by atoms with Gasteiger partial charge in [0.05, 0.1) is 13.2 Å². The molecule has 0 bridgehead atoms. The Kier molecular flexibility index (Phi) is 6.11. The molecule has 0 amide bonds. The summed E-state index contributed by atoms with van der Waals surface area (Å²) in [4.78, 5) is 2.23. The van der Waals surface area contributed by atoms with Crippen LogP contribution in [0.25, 0.3) is 0 Å². The van der Waals surface area contributed by atoms with E-state index in [-0.39, 0.29) is 0 Å². The fourth-order valence-corrected chi connectivity index (χ4v) is 1.85. The maximum atomic E-state index is 8.74. The molecule has 19 heavy (non-hydrogen) atoms.